The largest absolute Gasteiger partial charge is 0.408 e. The average Bonchev–Trinajstić information content (AvgIpc) is 3.58. The maximum atomic E-state index is 5.96. The zero-order valence-corrected chi connectivity index (χ0v) is 19.4. The van der Waals surface area contributed by atoms with E-state index < -0.39 is 0 Å². The van der Waals surface area contributed by atoms with Crippen molar-refractivity contribution in [1.82, 2.24) is 35.8 Å². The van der Waals surface area contributed by atoms with Gasteiger partial charge in [-0.15, -0.1) is 10.2 Å². The van der Waals surface area contributed by atoms with E-state index >= 15 is 0 Å². The average molecular weight is 462 g/mol. The van der Waals surface area contributed by atoms with Gasteiger partial charge in [0, 0.05) is 30.1 Å². The van der Waals surface area contributed by atoms with E-state index in [1.54, 1.807) is 0 Å². The van der Waals surface area contributed by atoms with Crippen molar-refractivity contribution < 1.29 is 4.42 Å². The highest BCUT2D eigenvalue weighted by Crippen LogP contribution is 2.34. The van der Waals surface area contributed by atoms with Crippen molar-refractivity contribution in [3.8, 4) is 0 Å². The van der Waals surface area contributed by atoms with Gasteiger partial charge >= 0.3 is 6.01 Å². The number of fused-ring (bicyclic) bond motifs is 1. The van der Waals surface area contributed by atoms with Crippen LogP contribution in [-0.2, 0) is 12.8 Å². The zero-order valence-electron chi connectivity index (χ0n) is 19.4. The van der Waals surface area contributed by atoms with Gasteiger partial charge in [0.05, 0.1) is 6.04 Å². The Bertz CT molecular complexity index is 1210. The molecule has 3 aromatic heterocycles. The van der Waals surface area contributed by atoms with E-state index in [1.807, 2.05) is 18.3 Å². The third kappa shape index (κ3) is 5.44. The van der Waals surface area contributed by atoms with Crippen molar-refractivity contribution in [2.45, 2.75) is 51.5 Å². The molecule has 178 valence electrons. The molecular weight excluding hydrogens is 430 g/mol. The van der Waals surface area contributed by atoms with E-state index in [0.717, 1.165) is 37.6 Å². The second kappa shape index (κ2) is 10.1. The Morgan fingerprint density at radius 1 is 1.21 bits per heavy atom. The summed E-state index contributed by atoms with van der Waals surface area (Å²) in [6.07, 6.45) is 8.13. The van der Waals surface area contributed by atoms with Crippen LogP contribution in [0.15, 0.2) is 47.0 Å². The van der Waals surface area contributed by atoms with Crippen LogP contribution in [0.5, 0.6) is 0 Å². The van der Waals surface area contributed by atoms with Crippen molar-refractivity contribution in [3.05, 3.63) is 54.1 Å². The summed E-state index contributed by atoms with van der Waals surface area (Å²) in [5.41, 5.74) is 3.68. The van der Waals surface area contributed by atoms with Gasteiger partial charge in [-0.1, -0.05) is 47.5 Å². The SMILES string of the molecule is C=C1CC(C)CC(CCc2nnc(N[C@H](CNc3nn[nH]n3)Cc3c[nH]c4ccccc34)o2)C1. The molecule has 1 aliphatic rings. The lowest BCUT2D eigenvalue weighted by Gasteiger charge is -2.28. The zero-order chi connectivity index (χ0) is 23.3. The van der Waals surface area contributed by atoms with Crippen LogP contribution >= 0.6 is 0 Å². The molecule has 0 bridgehead atoms. The normalized spacial score (nSPS) is 19.4. The fraction of sp³-hybridized carbons (Fsp3) is 0.458. The number of aryl methyl sites for hydroxylation is 1. The summed E-state index contributed by atoms with van der Waals surface area (Å²) >= 11 is 0. The lowest BCUT2D eigenvalue weighted by molar-refractivity contribution is 0.313. The minimum atomic E-state index is -0.0338. The van der Waals surface area contributed by atoms with Crippen LogP contribution < -0.4 is 10.6 Å². The summed E-state index contributed by atoms with van der Waals surface area (Å²) in [5, 5.41) is 30.3. The second-order valence-electron chi connectivity index (χ2n) is 9.43. The van der Waals surface area contributed by atoms with Crippen LogP contribution in [0.4, 0.5) is 12.0 Å². The fourth-order valence-electron chi connectivity index (χ4n) is 5.05. The van der Waals surface area contributed by atoms with Gasteiger partial charge in [0.15, 0.2) is 0 Å². The number of allylic oxidation sites excluding steroid dienone is 1. The molecule has 2 unspecified atom stereocenters. The van der Waals surface area contributed by atoms with Gasteiger partial charge in [0.2, 0.25) is 5.89 Å². The van der Waals surface area contributed by atoms with E-state index in [-0.39, 0.29) is 6.04 Å². The number of hydrogen-bond acceptors (Lipinski definition) is 8. The molecule has 1 aliphatic carbocycles. The summed E-state index contributed by atoms with van der Waals surface area (Å²) in [4.78, 5) is 3.34. The molecule has 1 aromatic carbocycles. The Morgan fingerprint density at radius 2 is 2.12 bits per heavy atom. The second-order valence-corrected chi connectivity index (χ2v) is 9.43. The summed E-state index contributed by atoms with van der Waals surface area (Å²) in [6.45, 7) is 7.07. The first-order valence-corrected chi connectivity index (χ1v) is 11.9. The first kappa shape index (κ1) is 22.1. The third-order valence-corrected chi connectivity index (χ3v) is 6.50. The summed E-state index contributed by atoms with van der Waals surface area (Å²) in [6, 6.07) is 8.67. The fourth-order valence-corrected chi connectivity index (χ4v) is 5.05. The minimum absolute atomic E-state index is 0.0338. The molecule has 4 aromatic rings. The van der Waals surface area contributed by atoms with E-state index in [4.69, 9.17) is 4.42 Å². The Balaban J connectivity index is 1.23. The topological polar surface area (TPSA) is 133 Å². The number of benzene rings is 1. The summed E-state index contributed by atoms with van der Waals surface area (Å²) in [5.74, 6) is 2.47. The van der Waals surface area contributed by atoms with Crippen molar-refractivity contribution in [3.63, 3.8) is 0 Å². The number of tetrazole rings is 1. The molecule has 34 heavy (non-hydrogen) atoms. The van der Waals surface area contributed by atoms with Gasteiger partial charge in [-0.3, -0.25) is 0 Å². The van der Waals surface area contributed by atoms with E-state index in [9.17, 15) is 0 Å². The molecule has 3 heterocycles. The lowest BCUT2D eigenvalue weighted by Crippen LogP contribution is -2.31. The number of para-hydroxylation sites is 1. The Morgan fingerprint density at radius 3 is 2.97 bits per heavy atom. The van der Waals surface area contributed by atoms with Crippen LogP contribution in [0.25, 0.3) is 10.9 Å². The van der Waals surface area contributed by atoms with Gasteiger partial charge in [-0.25, -0.2) is 0 Å². The van der Waals surface area contributed by atoms with E-state index in [2.05, 4.69) is 72.1 Å². The molecule has 10 heteroatoms. The van der Waals surface area contributed by atoms with Crippen LogP contribution in [0.1, 0.15) is 44.1 Å². The first-order valence-electron chi connectivity index (χ1n) is 11.9. The molecule has 1 saturated carbocycles. The number of rotatable bonds is 10. The molecule has 1 fully saturated rings. The third-order valence-electron chi connectivity index (χ3n) is 6.50. The quantitative estimate of drug-likeness (QED) is 0.259. The molecule has 10 nitrogen and oxygen atoms in total. The number of hydrogen-bond donors (Lipinski definition) is 4. The van der Waals surface area contributed by atoms with Gasteiger partial charge in [-0.05, 0) is 60.8 Å². The van der Waals surface area contributed by atoms with Gasteiger partial charge in [0.1, 0.15) is 0 Å². The van der Waals surface area contributed by atoms with Crippen LogP contribution in [-0.4, -0.2) is 48.4 Å². The molecule has 0 saturated heterocycles. The predicted octanol–water partition coefficient (Wildman–Crippen LogP) is 4.12. The summed E-state index contributed by atoms with van der Waals surface area (Å²) in [7, 11) is 0. The maximum absolute atomic E-state index is 5.96. The van der Waals surface area contributed by atoms with Gasteiger partial charge in [0.25, 0.3) is 5.95 Å². The van der Waals surface area contributed by atoms with Crippen molar-refractivity contribution in [2.24, 2.45) is 11.8 Å². The molecule has 0 spiro atoms. The van der Waals surface area contributed by atoms with Crippen molar-refractivity contribution in [2.75, 3.05) is 17.2 Å². The van der Waals surface area contributed by atoms with E-state index in [0.29, 0.717) is 36.2 Å². The smallest absolute Gasteiger partial charge is 0.315 e. The highest BCUT2D eigenvalue weighted by molar-refractivity contribution is 5.83. The number of nitrogens with zero attached hydrogens (tertiary/aromatic N) is 5. The molecular formula is C24H31N9O. The standard InChI is InChI=1S/C24H31N9O/c1-15-9-16(2)11-17(10-15)7-8-22-28-31-24(34-22)27-19(14-26-23-29-32-33-30-23)12-18-13-25-21-6-4-3-5-20(18)21/h3-6,13,16-17,19,25H,1,7-12,14H2,2H3,(H,27,31)(H2,26,29,30,32,33)/t16?,17?,19-/m0/s1. The van der Waals surface area contributed by atoms with Crippen LogP contribution in [0.3, 0.4) is 0 Å². The highest BCUT2D eigenvalue weighted by atomic mass is 16.4. The molecule has 4 N–H and O–H groups in total. The van der Waals surface area contributed by atoms with Gasteiger partial charge < -0.3 is 20.0 Å². The van der Waals surface area contributed by atoms with Crippen LogP contribution in [0, 0.1) is 11.8 Å². The van der Waals surface area contributed by atoms with Gasteiger partial charge in [-0.2, -0.15) is 5.21 Å². The van der Waals surface area contributed by atoms with E-state index in [1.165, 1.54) is 22.9 Å². The molecule has 3 atom stereocenters. The summed E-state index contributed by atoms with van der Waals surface area (Å²) < 4.78 is 5.96. The number of H-pyrrole nitrogens is 2. The highest BCUT2D eigenvalue weighted by Gasteiger charge is 2.22. The monoisotopic (exact) mass is 461 g/mol. The minimum Gasteiger partial charge on any atom is -0.408 e. The maximum Gasteiger partial charge on any atom is 0.315 e. The number of aromatic nitrogens is 7. The molecule has 0 aliphatic heterocycles. The Kier molecular flexibility index (Phi) is 6.55. The Hall–Kier alpha value is -3.69. The Labute approximate surface area is 198 Å². The van der Waals surface area contributed by atoms with Crippen molar-refractivity contribution in [1.29, 1.82) is 0 Å². The van der Waals surface area contributed by atoms with Crippen molar-refractivity contribution >= 4 is 22.9 Å². The number of nitrogens with one attached hydrogen (secondary N) is 4. The first-order chi connectivity index (χ1) is 16.6. The number of aromatic amines is 2. The molecule has 5 rings (SSSR count). The molecule has 0 amide bonds. The molecule has 0 radical (unpaired) electrons. The van der Waals surface area contributed by atoms with Crippen LogP contribution in [0.2, 0.25) is 0 Å². The lowest BCUT2D eigenvalue weighted by atomic mass is 9.78. The number of anilines is 2. The predicted molar refractivity (Wildman–Crippen MR) is 130 cm³/mol.